The van der Waals surface area contributed by atoms with Crippen LogP contribution < -0.4 is 11.1 Å². The first-order valence-corrected chi connectivity index (χ1v) is 8.09. The summed E-state index contributed by atoms with van der Waals surface area (Å²) in [6.07, 6.45) is 0.0441. The summed E-state index contributed by atoms with van der Waals surface area (Å²) in [7, 11) is 1.57. The number of carbonyl (C=O) groups excluding carboxylic acids is 1. The SMILES string of the molecule is COC(CN)CC(=O)NC(c1cccs1)c1cccs1.Cl. The molecule has 0 saturated carbocycles. The molecule has 0 aliphatic rings. The van der Waals surface area contributed by atoms with E-state index in [-0.39, 0.29) is 36.9 Å². The molecule has 2 rings (SSSR count). The van der Waals surface area contributed by atoms with E-state index < -0.39 is 0 Å². The monoisotopic (exact) mass is 346 g/mol. The zero-order valence-electron chi connectivity index (χ0n) is 11.7. The van der Waals surface area contributed by atoms with Gasteiger partial charge >= 0.3 is 0 Å². The van der Waals surface area contributed by atoms with E-state index in [0.717, 1.165) is 9.75 Å². The Balaban J connectivity index is 0.00000220. The number of amides is 1. The Bertz CT molecular complexity index is 479. The summed E-state index contributed by atoms with van der Waals surface area (Å²) in [5.74, 6) is -0.0471. The van der Waals surface area contributed by atoms with Crippen LogP contribution in [-0.4, -0.2) is 25.7 Å². The van der Waals surface area contributed by atoms with E-state index in [9.17, 15) is 4.79 Å². The van der Waals surface area contributed by atoms with Crippen LogP contribution in [0.15, 0.2) is 35.0 Å². The maximum Gasteiger partial charge on any atom is 0.223 e. The highest BCUT2D eigenvalue weighted by Crippen LogP contribution is 2.29. The van der Waals surface area contributed by atoms with Crippen molar-refractivity contribution < 1.29 is 9.53 Å². The molecule has 0 spiro atoms. The van der Waals surface area contributed by atoms with Crippen molar-refractivity contribution in [3.8, 4) is 0 Å². The van der Waals surface area contributed by atoms with Crippen molar-refractivity contribution in [2.75, 3.05) is 13.7 Å². The summed E-state index contributed by atoms with van der Waals surface area (Å²) in [4.78, 5) is 14.4. The normalized spacial score (nSPS) is 12.0. The Morgan fingerprint density at radius 1 is 1.29 bits per heavy atom. The maximum absolute atomic E-state index is 12.1. The number of hydrogen-bond acceptors (Lipinski definition) is 5. The van der Waals surface area contributed by atoms with Crippen molar-refractivity contribution in [2.45, 2.75) is 18.6 Å². The molecule has 0 bridgehead atoms. The van der Waals surface area contributed by atoms with Crippen LogP contribution in [0.25, 0.3) is 0 Å². The average molecular weight is 347 g/mol. The molecule has 1 amide bonds. The molecule has 0 aliphatic heterocycles. The van der Waals surface area contributed by atoms with Crippen molar-refractivity contribution in [3.05, 3.63) is 44.8 Å². The van der Waals surface area contributed by atoms with Gasteiger partial charge in [0.25, 0.3) is 0 Å². The molecule has 2 heterocycles. The predicted molar refractivity (Wildman–Crippen MR) is 90.3 cm³/mol. The first-order chi connectivity index (χ1) is 9.74. The molecule has 0 aliphatic carbocycles. The average Bonchev–Trinajstić information content (AvgIpc) is 3.14. The molecule has 0 saturated heterocycles. The number of methoxy groups -OCH3 is 1. The van der Waals surface area contributed by atoms with E-state index in [1.807, 2.05) is 35.0 Å². The molecule has 2 aromatic heterocycles. The Morgan fingerprint density at radius 2 is 1.86 bits per heavy atom. The number of carbonyl (C=O) groups is 1. The van der Waals surface area contributed by atoms with Crippen molar-refractivity contribution >= 4 is 41.0 Å². The van der Waals surface area contributed by atoms with Gasteiger partial charge in [-0.1, -0.05) is 12.1 Å². The summed E-state index contributed by atoms with van der Waals surface area (Å²) in [5.41, 5.74) is 5.55. The first-order valence-electron chi connectivity index (χ1n) is 6.33. The fourth-order valence-corrected chi connectivity index (χ4v) is 3.54. The number of rotatable bonds is 7. The fraction of sp³-hybridized carbons (Fsp3) is 0.357. The highest BCUT2D eigenvalue weighted by atomic mass is 35.5. The number of hydrogen-bond donors (Lipinski definition) is 2. The summed E-state index contributed by atoms with van der Waals surface area (Å²) in [5, 5.41) is 7.09. The third-order valence-corrected chi connectivity index (χ3v) is 4.84. The predicted octanol–water partition coefficient (Wildman–Crippen LogP) is 2.80. The molecule has 1 unspecified atom stereocenters. The van der Waals surface area contributed by atoms with Gasteiger partial charge in [-0.2, -0.15) is 0 Å². The molecule has 21 heavy (non-hydrogen) atoms. The topological polar surface area (TPSA) is 64.3 Å². The van der Waals surface area contributed by atoms with Gasteiger partial charge in [0.2, 0.25) is 5.91 Å². The number of thiophene rings is 2. The van der Waals surface area contributed by atoms with Gasteiger partial charge in [-0.05, 0) is 22.9 Å². The molecule has 0 radical (unpaired) electrons. The molecule has 7 heteroatoms. The third kappa shape index (κ3) is 5.09. The van der Waals surface area contributed by atoms with Gasteiger partial charge in [-0.25, -0.2) is 0 Å². The second-order valence-corrected chi connectivity index (χ2v) is 6.29. The van der Waals surface area contributed by atoms with Crippen molar-refractivity contribution in [2.24, 2.45) is 5.73 Å². The second kappa shape index (κ2) is 9.17. The van der Waals surface area contributed by atoms with Crippen molar-refractivity contribution in [1.29, 1.82) is 0 Å². The fourth-order valence-electron chi connectivity index (χ4n) is 1.88. The summed E-state index contributed by atoms with van der Waals surface area (Å²) >= 11 is 3.28. The van der Waals surface area contributed by atoms with Gasteiger partial charge in [0, 0.05) is 23.4 Å². The number of nitrogens with one attached hydrogen (secondary N) is 1. The van der Waals surface area contributed by atoms with Crippen LogP contribution in [0, 0.1) is 0 Å². The van der Waals surface area contributed by atoms with Gasteiger partial charge in [-0.15, -0.1) is 35.1 Å². The molecule has 4 nitrogen and oxygen atoms in total. The van der Waals surface area contributed by atoms with Gasteiger partial charge in [0.1, 0.15) is 0 Å². The molecule has 2 aromatic rings. The van der Waals surface area contributed by atoms with E-state index in [2.05, 4.69) is 5.32 Å². The lowest BCUT2D eigenvalue weighted by molar-refractivity contribution is -0.123. The van der Waals surface area contributed by atoms with E-state index in [1.165, 1.54) is 0 Å². The Kier molecular flexibility index (Phi) is 7.92. The smallest absolute Gasteiger partial charge is 0.223 e. The van der Waals surface area contributed by atoms with Crippen LogP contribution in [0.4, 0.5) is 0 Å². The highest BCUT2D eigenvalue weighted by molar-refractivity contribution is 7.11. The largest absolute Gasteiger partial charge is 0.380 e. The Morgan fingerprint density at radius 3 is 2.24 bits per heavy atom. The number of ether oxygens (including phenoxy) is 1. The number of halogens is 1. The van der Waals surface area contributed by atoms with E-state index in [4.69, 9.17) is 10.5 Å². The van der Waals surface area contributed by atoms with E-state index in [0.29, 0.717) is 6.54 Å². The standard InChI is InChI=1S/C14H18N2O2S2.ClH/c1-18-10(9-15)8-13(17)16-14(11-4-2-6-19-11)12-5-3-7-20-12;/h2-7,10,14H,8-9,15H2,1H3,(H,16,17);1H. The summed E-state index contributed by atoms with van der Waals surface area (Å²) in [6, 6.07) is 7.96. The van der Waals surface area contributed by atoms with E-state index in [1.54, 1.807) is 29.8 Å². The van der Waals surface area contributed by atoms with Crippen LogP contribution in [0.1, 0.15) is 22.2 Å². The summed E-state index contributed by atoms with van der Waals surface area (Å²) < 4.78 is 5.15. The van der Waals surface area contributed by atoms with Crippen LogP contribution in [0.5, 0.6) is 0 Å². The van der Waals surface area contributed by atoms with Crippen LogP contribution >= 0.6 is 35.1 Å². The lowest BCUT2D eigenvalue weighted by Gasteiger charge is -2.18. The van der Waals surface area contributed by atoms with E-state index >= 15 is 0 Å². The Labute approximate surface area is 138 Å². The van der Waals surface area contributed by atoms with Crippen molar-refractivity contribution in [1.82, 2.24) is 5.32 Å². The minimum Gasteiger partial charge on any atom is -0.380 e. The minimum absolute atomic E-state index is 0. The molecule has 0 fully saturated rings. The molecular formula is C14H19ClN2O2S2. The molecular weight excluding hydrogens is 328 g/mol. The zero-order chi connectivity index (χ0) is 14.4. The molecule has 3 N–H and O–H groups in total. The number of nitrogens with two attached hydrogens (primary N) is 1. The minimum atomic E-state index is -0.234. The Hall–Kier alpha value is -0.920. The van der Waals surface area contributed by atoms with Gasteiger partial charge in [0.05, 0.1) is 18.6 Å². The second-order valence-electron chi connectivity index (χ2n) is 4.33. The van der Waals surface area contributed by atoms with Crippen molar-refractivity contribution in [3.63, 3.8) is 0 Å². The van der Waals surface area contributed by atoms with Gasteiger partial charge in [0.15, 0.2) is 0 Å². The summed E-state index contributed by atoms with van der Waals surface area (Å²) in [6.45, 7) is 0.340. The lowest BCUT2D eigenvalue weighted by atomic mass is 10.1. The lowest BCUT2D eigenvalue weighted by Crippen LogP contribution is -2.34. The maximum atomic E-state index is 12.1. The van der Waals surface area contributed by atoms with Gasteiger partial charge < -0.3 is 15.8 Å². The third-order valence-electron chi connectivity index (χ3n) is 2.97. The van der Waals surface area contributed by atoms with Crippen LogP contribution in [-0.2, 0) is 9.53 Å². The zero-order valence-corrected chi connectivity index (χ0v) is 14.1. The molecule has 116 valence electrons. The van der Waals surface area contributed by atoms with Crippen LogP contribution in [0.2, 0.25) is 0 Å². The quantitative estimate of drug-likeness (QED) is 0.810. The molecule has 1 atom stereocenters. The van der Waals surface area contributed by atoms with Gasteiger partial charge in [-0.3, -0.25) is 4.79 Å². The molecule has 0 aromatic carbocycles. The highest BCUT2D eigenvalue weighted by Gasteiger charge is 2.20. The first kappa shape index (κ1) is 18.1. The van der Waals surface area contributed by atoms with Crippen LogP contribution in [0.3, 0.4) is 0 Å².